The Morgan fingerprint density at radius 3 is 2.52 bits per heavy atom. The van der Waals surface area contributed by atoms with Gasteiger partial charge >= 0.3 is 6.03 Å². The lowest BCUT2D eigenvalue weighted by Crippen LogP contribution is -2.50. The zero-order chi connectivity index (χ0) is 29.0. The highest BCUT2D eigenvalue weighted by molar-refractivity contribution is 7.91. The number of carbonyl (C=O) groups is 2. The van der Waals surface area contributed by atoms with Crippen LogP contribution in [0.2, 0.25) is 0 Å². The second-order valence-electron chi connectivity index (χ2n) is 9.64. The lowest BCUT2D eigenvalue weighted by atomic mass is 9.99. The van der Waals surface area contributed by atoms with Gasteiger partial charge in [0.1, 0.15) is 21.9 Å². The van der Waals surface area contributed by atoms with E-state index < -0.39 is 39.9 Å². The van der Waals surface area contributed by atoms with Crippen LogP contribution in [-0.2, 0) is 10.0 Å². The summed E-state index contributed by atoms with van der Waals surface area (Å²) >= 11 is 1.12. The molecular formula is C27H31FN4O6S2. The number of hydrogen-bond donors (Lipinski definition) is 3. The molecule has 2 aromatic carbocycles. The van der Waals surface area contributed by atoms with E-state index in [1.807, 2.05) is 6.92 Å². The minimum Gasteiger partial charge on any atom is -0.488 e. The molecule has 1 aliphatic rings. The third-order valence-electron chi connectivity index (χ3n) is 6.62. The van der Waals surface area contributed by atoms with Crippen molar-refractivity contribution in [2.75, 3.05) is 37.4 Å². The van der Waals surface area contributed by atoms with E-state index in [1.165, 1.54) is 52.7 Å². The Labute approximate surface area is 236 Å². The van der Waals surface area contributed by atoms with Crippen molar-refractivity contribution in [3.8, 4) is 5.75 Å². The topological polar surface area (TPSA) is 128 Å². The first-order chi connectivity index (χ1) is 19.0. The Kier molecular flexibility index (Phi) is 9.08. The Morgan fingerprint density at radius 2 is 1.88 bits per heavy atom. The Bertz CT molecular complexity index is 1450. The van der Waals surface area contributed by atoms with Gasteiger partial charge in [-0.05, 0) is 60.8 Å². The molecule has 0 bridgehead atoms. The summed E-state index contributed by atoms with van der Waals surface area (Å²) < 4.78 is 47.0. The van der Waals surface area contributed by atoms with Crippen LogP contribution in [0.4, 0.5) is 20.6 Å². The molecule has 1 aromatic heterocycles. The maximum Gasteiger partial charge on any atom is 0.323 e. The number of anilines is 2. The van der Waals surface area contributed by atoms with E-state index in [0.29, 0.717) is 11.4 Å². The number of thiophene rings is 1. The first-order valence-corrected chi connectivity index (χ1v) is 14.9. The molecule has 10 nitrogen and oxygen atoms in total. The molecule has 214 valence electrons. The molecule has 3 aromatic rings. The SMILES string of the molecule is C[C@H]1CN([C@@H](C)CO)C(=O)c2cc(NC(=O)Nc3ccc(F)cc3)ccc2O[C@H]1CN(C)S(=O)(=O)c1cccs1. The van der Waals surface area contributed by atoms with Crippen molar-refractivity contribution >= 4 is 44.7 Å². The predicted molar refractivity (Wildman–Crippen MR) is 151 cm³/mol. The molecule has 0 saturated carbocycles. The summed E-state index contributed by atoms with van der Waals surface area (Å²) in [7, 11) is -2.25. The van der Waals surface area contributed by atoms with Crippen LogP contribution in [-0.4, -0.2) is 73.6 Å². The van der Waals surface area contributed by atoms with E-state index >= 15 is 0 Å². The standard InChI is InChI=1S/C27H31FN4O6S2/c1-17-14-32(18(2)16-33)26(34)22-13-21(30-27(35)29-20-8-6-19(28)7-9-20)10-11-23(22)38-24(17)15-31(3)40(36,37)25-5-4-12-39-25/h4-13,17-18,24,33H,14-16H2,1-3H3,(H2,29,30,35)/t17-,18-,24-/m0/s1. The quantitative estimate of drug-likeness (QED) is 0.363. The van der Waals surface area contributed by atoms with E-state index in [-0.39, 0.29) is 41.1 Å². The normalized spacial score (nSPS) is 18.4. The number of aliphatic hydroxyl groups is 1. The van der Waals surface area contributed by atoms with E-state index in [9.17, 15) is 27.5 Å². The van der Waals surface area contributed by atoms with Gasteiger partial charge in [-0.3, -0.25) is 4.79 Å². The molecule has 3 amide bonds. The number of hydrogen-bond acceptors (Lipinski definition) is 7. The lowest BCUT2D eigenvalue weighted by Gasteiger charge is -2.38. The fourth-order valence-corrected chi connectivity index (χ4v) is 6.64. The molecule has 1 aliphatic heterocycles. The third kappa shape index (κ3) is 6.61. The van der Waals surface area contributed by atoms with Gasteiger partial charge in [0.15, 0.2) is 0 Å². The van der Waals surface area contributed by atoms with Gasteiger partial charge in [0, 0.05) is 30.9 Å². The van der Waals surface area contributed by atoms with E-state index in [1.54, 1.807) is 30.5 Å². The molecule has 0 spiro atoms. The monoisotopic (exact) mass is 590 g/mol. The van der Waals surface area contributed by atoms with E-state index in [0.717, 1.165) is 11.3 Å². The second-order valence-corrected chi connectivity index (χ2v) is 12.9. The highest BCUT2D eigenvalue weighted by Gasteiger charge is 2.35. The number of amides is 3. The largest absolute Gasteiger partial charge is 0.488 e. The van der Waals surface area contributed by atoms with Gasteiger partial charge in [-0.25, -0.2) is 17.6 Å². The van der Waals surface area contributed by atoms with Crippen LogP contribution >= 0.6 is 11.3 Å². The van der Waals surface area contributed by atoms with Gasteiger partial charge in [-0.15, -0.1) is 11.3 Å². The minimum atomic E-state index is -3.73. The highest BCUT2D eigenvalue weighted by Crippen LogP contribution is 2.31. The van der Waals surface area contributed by atoms with Crippen LogP contribution in [0.5, 0.6) is 5.75 Å². The maximum absolute atomic E-state index is 13.6. The number of halogens is 1. The summed E-state index contributed by atoms with van der Waals surface area (Å²) in [5.74, 6) is -0.894. The predicted octanol–water partition coefficient (Wildman–Crippen LogP) is 4.07. The van der Waals surface area contributed by atoms with Crippen LogP contribution in [0.1, 0.15) is 24.2 Å². The zero-order valence-electron chi connectivity index (χ0n) is 22.2. The zero-order valence-corrected chi connectivity index (χ0v) is 23.8. The van der Waals surface area contributed by atoms with Crippen LogP contribution in [0.3, 0.4) is 0 Å². The maximum atomic E-state index is 13.6. The van der Waals surface area contributed by atoms with Crippen molar-refractivity contribution in [2.45, 2.75) is 30.2 Å². The van der Waals surface area contributed by atoms with Gasteiger partial charge in [0.2, 0.25) is 0 Å². The number of rotatable bonds is 8. The Morgan fingerprint density at radius 1 is 1.20 bits per heavy atom. The molecule has 0 radical (unpaired) electrons. The molecule has 40 heavy (non-hydrogen) atoms. The summed E-state index contributed by atoms with van der Waals surface area (Å²) in [5.41, 5.74) is 0.834. The van der Waals surface area contributed by atoms with Crippen molar-refractivity contribution in [2.24, 2.45) is 5.92 Å². The molecule has 0 saturated heterocycles. The lowest BCUT2D eigenvalue weighted by molar-refractivity contribution is 0.0387. The van der Waals surface area contributed by atoms with Crippen LogP contribution in [0, 0.1) is 11.7 Å². The van der Waals surface area contributed by atoms with Crippen molar-refractivity contribution in [3.05, 3.63) is 71.4 Å². The number of ether oxygens (including phenoxy) is 1. The number of likely N-dealkylation sites (N-methyl/N-ethyl adjacent to an activating group) is 1. The summed E-state index contributed by atoms with van der Waals surface area (Å²) in [6, 6.07) is 11.9. The molecule has 0 aliphatic carbocycles. The number of fused-ring (bicyclic) bond motifs is 1. The number of benzene rings is 2. The van der Waals surface area contributed by atoms with Crippen molar-refractivity contribution in [1.29, 1.82) is 0 Å². The molecule has 3 N–H and O–H groups in total. The molecule has 13 heteroatoms. The van der Waals surface area contributed by atoms with Gasteiger partial charge in [0.25, 0.3) is 15.9 Å². The number of nitrogens with one attached hydrogen (secondary N) is 2. The van der Waals surface area contributed by atoms with Gasteiger partial charge < -0.3 is 25.4 Å². The van der Waals surface area contributed by atoms with Crippen molar-refractivity contribution in [3.63, 3.8) is 0 Å². The fraction of sp³-hybridized carbons (Fsp3) is 0.333. The summed E-state index contributed by atoms with van der Waals surface area (Å²) in [4.78, 5) is 27.7. The molecular weight excluding hydrogens is 559 g/mol. The van der Waals surface area contributed by atoms with Crippen LogP contribution in [0.15, 0.2) is 64.2 Å². The number of carbonyl (C=O) groups excluding carboxylic acids is 2. The van der Waals surface area contributed by atoms with E-state index in [2.05, 4.69) is 10.6 Å². The van der Waals surface area contributed by atoms with Gasteiger partial charge in [0.05, 0.1) is 24.8 Å². The Balaban J connectivity index is 1.60. The molecule has 4 rings (SSSR count). The summed E-state index contributed by atoms with van der Waals surface area (Å²) in [6.07, 6.45) is -0.624. The average Bonchev–Trinajstić information content (AvgIpc) is 3.48. The molecule has 2 heterocycles. The minimum absolute atomic E-state index is 0.0243. The summed E-state index contributed by atoms with van der Waals surface area (Å²) in [5, 5.41) is 16.8. The number of nitrogens with zero attached hydrogens (tertiary/aromatic N) is 2. The first-order valence-electron chi connectivity index (χ1n) is 12.6. The van der Waals surface area contributed by atoms with Crippen molar-refractivity contribution < 1.29 is 32.2 Å². The first kappa shape index (κ1) is 29.5. The smallest absolute Gasteiger partial charge is 0.323 e. The molecule has 0 unspecified atom stereocenters. The molecule has 3 atom stereocenters. The molecule has 0 fully saturated rings. The fourth-order valence-electron chi connectivity index (χ4n) is 4.26. The van der Waals surface area contributed by atoms with Crippen LogP contribution in [0.25, 0.3) is 0 Å². The highest BCUT2D eigenvalue weighted by atomic mass is 32.2. The Hall–Kier alpha value is -3.52. The second kappa shape index (κ2) is 12.3. The average molecular weight is 591 g/mol. The number of urea groups is 1. The summed E-state index contributed by atoms with van der Waals surface area (Å²) in [6.45, 7) is 3.54. The van der Waals surface area contributed by atoms with Gasteiger partial charge in [-0.2, -0.15) is 4.31 Å². The number of aliphatic hydroxyl groups excluding tert-OH is 1. The van der Waals surface area contributed by atoms with Crippen molar-refractivity contribution in [1.82, 2.24) is 9.21 Å². The van der Waals surface area contributed by atoms with Crippen LogP contribution < -0.4 is 15.4 Å². The van der Waals surface area contributed by atoms with E-state index in [4.69, 9.17) is 4.74 Å². The number of sulfonamides is 1. The third-order valence-corrected chi connectivity index (χ3v) is 9.82. The van der Waals surface area contributed by atoms with Gasteiger partial charge in [-0.1, -0.05) is 13.0 Å².